The summed E-state index contributed by atoms with van der Waals surface area (Å²) in [7, 11) is 0. The first-order valence-corrected chi connectivity index (χ1v) is 4.76. The van der Waals surface area contributed by atoms with Crippen LogP contribution < -0.4 is 0 Å². The lowest BCUT2D eigenvalue weighted by atomic mass is 10.3. The molecule has 0 fully saturated rings. The highest BCUT2D eigenvalue weighted by Gasteiger charge is 2.16. The zero-order valence-corrected chi connectivity index (χ0v) is 9.09. The quantitative estimate of drug-likeness (QED) is 0.753. The van der Waals surface area contributed by atoms with Crippen molar-refractivity contribution in [3.63, 3.8) is 0 Å². The number of imidazole rings is 1. The average Bonchev–Trinajstić information content (AvgIpc) is 2.46. The molecule has 0 aliphatic carbocycles. The van der Waals surface area contributed by atoms with Crippen LogP contribution in [0.1, 0.15) is 35.9 Å². The van der Waals surface area contributed by atoms with Crippen molar-refractivity contribution in [3.8, 4) is 0 Å². The van der Waals surface area contributed by atoms with Crippen LogP contribution in [0.3, 0.4) is 0 Å². The van der Waals surface area contributed by atoms with Crippen molar-refractivity contribution in [2.24, 2.45) is 0 Å². The number of esters is 1. The molecule has 5 heteroatoms. The summed E-state index contributed by atoms with van der Waals surface area (Å²) in [5, 5.41) is 0. The molecule has 0 saturated heterocycles. The van der Waals surface area contributed by atoms with Crippen molar-refractivity contribution in [2.75, 3.05) is 6.61 Å². The molecular formula is C10H14N2O3. The van der Waals surface area contributed by atoms with E-state index in [0.29, 0.717) is 18.1 Å². The van der Waals surface area contributed by atoms with E-state index in [4.69, 9.17) is 4.74 Å². The van der Waals surface area contributed by atoms with Gasteiger partial charge in [0.1, 0.15) is 11.6 Å². The summed E-state index contributed by atoms with van der Waals surface area (Å²) in [6.45, 7) is 5.24. The van der Waals surface area contributed by atoms with Crippen LogP contribution >= 0.6 is 0 Å². The highest BCUT2D eigenvalue weighted by atomic mass is 16.5. The van der Waals surface area contributed by atoms with Gasteiger partial charge < -0.3 is 9.72 Å². The molecule has 0 atom stereocenters. The molecule has 1 N–H and O–H groups in total. The number of nitrogens with one attached hydrogen (secondary N) is 1. The van der Waals surface area contributed by atoms with Crippen molar-refractivity contribution in [1.29, 1.82) is 0 Å². The number of ether oxygens (including phenoxy) is 1. The lowest BCUT2D eigenvalue weighted by Crippen LogP contribution is -2.07. The average molecular weight is 210 g/mol. The molecule has 15 heavy (non-hydrogen) atoms. The topological polar surface area (TPSA) is 72.0 Å². The van der Waals surface area contributed by atoms with Gasteiger partial charge in [0.05, 0.1) is 13.0 Å². The number of aryl methyl sites for hydroxylation is 1. The van der Waals surface area contributed by atoms with Gasteiger partial charge in [0.2, 0.25) is 0 Å². The van der Waals surface area contributed by atoms with E-state index in [1.807, 2.05) is 0 Å². The molecule has 0 amide bonds. The molecule has 0 aliphatic rings. The number of nitrogens with zero attached hydrogens (tertiary/aromatic N) is 1. The molecule has 5 nitrogen and oxygen atoms in total. The fourth-order valence-electron chi connectivity index (χ4n) is 1.24. The number of aromatic nitrogens is 2. The van der Waals surface area contributed by atoms with Crippen molar-refractivity contribution in [2.45, 2.75) is 27.2 Å². The summed E-state index contributed by atoms with van der Waals surface area (Å²) in [5.74, 6) is 0.0447. The van der Waals surface area contributed by atoms with Gasteiger partial charge in [-0.15, -0.1) is 0 Å². The lowest BCUT2D eigenvalue weighted by Gasteiger charge is -1.97. The maximum atomic E-state index is 11.4. The zero-order chi connectivity index (χ0) is 11.4. The minimum absolute atomic E-state index is 0.000779. The Morgan fingerprint density at radius 3 is 2.67 bits per heavy atom. The predicted octanol–water partition coefficient (Wildman–Crippen LogP) is 1.03. The van der Waals surface area contributed by atoms with Crippen LogP contribution in [0.4, 0.5) is 0 Å². The van der Waals surface area contributed by atoms with Crippen molar-refractivity contribution < 1.29 is 14.3 Å². The van der Waals surface area contributed by atoms with Crippen LogP contribution in [0.25, 0.3) is 0 Å². The van der Waals surface area contributed by atoms with Crippen molar-refractivity contribution >= 4 is 11.8 Å². The molecule has 1 rings (SSSR count). The Hall–Kier alpha value is -1.65. The number of Topliss-reactive ketones (excluding diaryl/α,β-unsaturated/α-hetero) is 1. The fourth-order valence-corrected chi connectivity index (χ4v) is 1.24. The van der Waals surface area contributed by atoms with Crippen LogP contribution in [-0.4, -0.2) is 28.3 Å². The Labute approximate surface area is 87.9 Å². The molecule has 0 aromatic carbocycles. The highest BCUT2D eigenvalue weighted by Crippen LogP contribution is 2.07. The van der Waals surface area contributed by atoms with Gasteiger partial charge in [0.25, 0.3) is 0 Å². The second kappa shape index (κ2) is 4.72. The lowest BCUT2D eigenvalue weighted by molar-refractivity contribution is -0.116. The highest BCUT2D eigenvalue weighted by molar-refractivity contribution is 5.88. The standard InChI is InChI=1S/C10H14N2O3/c1-4-15-10(14)9-7(3)11-8(12-9)5-6(2)13/h4-5H2,1-3H3,(H,11,12). The first kappa shape index (κ1) is 11.4. The number of carbonyl (C=O) groups is 2. The van der Waals surface area contributed by atoms with Crippen LogP contribution in [-0.2, 0) is 16.0 Å². The number of aromatic amines is 1. The Morgan fingerprint density at radius 2 is 2.13 bits per heavy atom. The summed E-state index contributed by atoms with van der Waals surface area (Å²) in [6, 6.07) is 0. The van der Waals surface area contributed by atoms with E-state index in [2.05, 4.69) is 9.97 Å². The fraction of sp³-hybridized carbons (Fsp3) is 0.500. The van der Waals surface area contributed by atoms with Gasteiger partial charge in [-0.25, -0.2) is 9.78 Å². The van der Waals surface area contributed by atoms with Gasteiger partial charge in [-0.05, 0) is 20.8 Å². The van der Waals surface area contributed by atoms with Crippen LogP contribution in [0.5, 0.6) is 0 Å². The van der Waals surface area contributed by atoms with Gasteiger partial charge in [-0.1, -0.05) is 0 Å². The van der Waals surface area contributed by atoms with Crippen LogP contribution in [0.2, 0.25) is 0 Å². The third kappa shape index (κ3) is 2.90. The predicted molar refractivity (Wildman–Crippen MR) is 53.7 cm³/mol. The SMILES string of the molecule is CCOC(=O)c1nc(CC(C)=O)[nH]c1C. The van der Waals surface area contributed by atoms with E-state index in [1.165, 1.54) is 6.92 Å². The Morgan fingerprint density at radius 1 is 1.47 bits per heavy atom. The molecule has 82 valence electrons. The second-order valence-electron chi connectivity index (χ2n) is 3.26. The molecule has 0 aliphatic heterocycles. The number of ketones is 1. The second-order valence-corrected chi connectivity index (χ2v) is 3.26. The number of hydrogen-bond acceptors (Lipinski definition) is 4. The molecule has 0 radical (unpaired) electrons. The zero-order valence-electron chi connectivity index (χ0n) is 9.09. The Kier molecular flexibility index (Phi) is 3.60. The van der Waals surface area contributed by atoms with E-state index in [-0.39, 0.29) is 17.9 Å². The first-order valence-electron chi connectivity index (χ1n) is 4.76. The van der Waals surface area contributed by atoms with E-state index < -0.39 is 5.97 Å². The number of hydrogen-bond donors (Lipinski definition) is 1. The van der Waals surface area contributed by atoms with Crippen molar-refractivity contribution in [1.82, 2.24) is 9.97 Å². The summed E-state index contributed by atoms with van der Waals surface area (Å²) in [5.41, 5.74) is 0.887. The minimum Gasteiger partial charge on any atom is -0.461 e. The summed E-state index contributed by atoms with van der Waals surface area (Å²) in [6.07, 6.45) is 0.209. The molecule has 0 spiro atoms. The van der Waals surface area contributed by atoms with E-state index >= 15 is 0 Å². The first-order chi connectivity index (χ1) is 7.04. The molecule has 1 aromatic heterocycles. The van der Waals surface area contributed by atoms with Gasteiger partial charge in [0.15, 0.2) is 5.69 Å². The smallest absolute Gasteiger partial charge is 0.358 e. The monoisotopic (exact) mass is 210 g/mol. The van der Waals surface area contributed by atoms with Gasteiger partial charge in [-0.2, -0.15) is 0 Å². The number of carbonyl (C=O) groups excluding carboxylic acids is 2. The molecule has 0 bridgehead atoms. The van der Waals surface area contributed by atoms with Gasteiger partial charge in [0, 0.05) is 5.69 Å². The van der Waals surface area contributed by atoms with E-state index in [1.54, 1.807) is 13.8 Å². The molecule has 1 aromatic rings. The van der Waals surface area contributed by atoms with E-state index in [9.17, 15) is 9.59 Å². The van der Waals surface area contributed by atoms with Gasteiger partial charge >= 0.3 is 5.97 Å². The third-order valence-corrected chi connectivity index (χ3v) is 1.82. The molecule has 0 unspecified atom stereocenters. The Bertz CT molecular complexity index is 382. The summed E-state index contributed by atoms with van der Waals surface area (Å²) >= 11 is 0. The molecular weight excluding hydrogens is 196 g/mol. The largest absolute Gasteiger partial charge is 0.461 e. The van der Waals surface area contributed by atoms with Crippen LogP contribution in [0, 0.1) is 6.92 Å². The minimum atomic E-state index is -0.457. The number of rotatable bonds is 4. The van der Waals surface area contributed by atoms with E-state index in [0.717, 1.165) is 0 Å². The maximum Gasteiger partial charge on any atom is 0.358 e. The molecule has 0 saturated carbocycles. The van der Waals surface area contributed by atoms with Crippen molar-refractivity contribution in [3.05, 3.63) is 17.2 Å². The van der Waals surface area contributed by atoms with Crippen LogP contribution in [0.15, 0.2) is 0 Å². The maximum absolute atomic E-state index is 11.4. The third-order valence-electron chi connectivity index (χ3n) is 1.82. The summed E-state index contributed by atoms with van der Waals surface area (Å²) in [4.78, 5) is 29.1. The van der Waals surface area contributed by atoms with Gasteiger partial charge in [-0.3, -0.25) is 4.79 Å². The Balaban J connectivity index is 2.86. The normalized spacial score (nSPS) is 10.1. The molecule has 1 heterocycles. The summed E-state index contributed by atoms with van der Waals surface area (Å²) < 4.78 is 4.82. The number of H-pyrrole nitrogens is 1.